The summed E-state index contributed by atoms with van der Waals surface area (Å²) < 4.78 is 2.60. The van der Waals surface area contributed by atoms with Crippen LogP contribution in [0.25, 0.3) is 17.0 Å². The molecule has 9 heteroatoms. The molecule has 0 spiro atoms. The Morgan fingerprint density at radius 2 is 1.79 bits per heavy atom. The van der Waals surface area contributed by atoms with E-state index in [1.165, 1.54) is 23.1 Å². The molecule has 24 heavy (non-hydrogen) atoms. The van der Waals surface area contributed by atoms with Gasteiger partial charge in [0.25, 0.3) is 0 Å². The third-order valence-corrected chi connectivity index (χ3v) is 5.31. The second kappa shape index (κ2) is 6.17. The van der Waals surface area contributed by atoms with Gasteiger partial charge in [0.15, 0.2) is 15.8 Å². The van der Waals surface area contributed by atoms with Gasteiger partial charge in [0.2, 0.25) is 5.13 Å². The predicted octanol–water partition coefficient (Wildman–Crippen LogP) is 2.86. The van der Waals surface area contributed by atoms with E-state index in [0.29, 0.717) is 5.65 Å². The number of fused-ring (bicyclic) bond motifs is 1. The van der Waals surface area contributed by atoms with E-state index in [2.05, 4.69) is 25.5 Å². The van der Waals surface area contributed by atoms with Crippen LogP contribution in [0.4, 0.5) is 5.13 Å². The monoisotopic (exact) mass is 355 g/mol. The lowest BCUT2D eigenvalue weighted by Crippen LogP contribution is -2.07. The van der Waals surface area contributed by atoms with Crippen LogP contribution in [0, 0.1) is 0 Å². The highest BCUT2D eigenvalue weighted by Gasteiger charge is 2.12. The third kappa shape index (κ3) is 2.83. The van der Waals surface area contributed by atoms with Crippen molar-refractivity contribution >= 4 is 33.9 Å². The maximum atomic E-state index is 4.64. The molecule has 3 heterocycles. The molecule has 0 aliphatic carbocycles. The maximum Gasteiger partial charge on any atom is 0.208 e. The van der Waals surface area contributed by atoms with Crippen molar-refractivity contribution in [3.8, 4) is 11.4 Å². The molecule has 4 aromatic rings. The van der Waals surface area contributed by atoms with E-state index in [0.717, 1.165) is 25.9 Å². The van der Waals surface area contributed by atoms with Gasteiger partial charge in [0.05, 0.1) is 0 Å². The van der Waals surface area contributed by atoms with E-state index < -0.39 is 0 Å². The molecule has 0 unspecified atom stereocenters. The first kappa shape index (κ1) is 15.0. The summed E-state index contributed by atoms with van der Waals surface area (Å²) in [6.07, 6.45) is 0. The molecule has 3 aromatic heterocycles. The molecule has 0 aliphatic heterocycles. The van der Waals surface area contributed by atoms with Gasteiger partial charge in [-0.25, -0.2) is 0 Å². The van der Waals surface area contributed by atoms with Crippen LogP contribution in [0.5, 0.6) is 0 Å². The van der Waals surface area contributed by atoms with Gasteiger partial charge in [0.1, 0.15) is 5.03 Å². The molecule has 0 radical (unpaired) electrons. The first-order valence-electron chi connectivity index (χ1n) is 7.17. The Bertz CT molecular complexity index is 978. The SMILES string of the molecule is CN(C)c1nnc(Sc2ccc3nnc(-c4ccccc4)n3n2)s1. The molecule has 0 atom stereocenters. The van der Waals surface area contributed by atoms with Gasteiger partial charge >= 0.3 is 0 Å². The highest BCUT2D eigenvalue weighted by atomic mass is 32.2. The van der Waals surface area contributed by atoms with Gasteiger partial charge in [-0.3, -0.25) is 0 Å². The highest BCUT2D eigenvalue weighted by molar-refractivity contribution is 8.01. The van der Waals surface area contributed by atoms with Crippen molar-refractivity contribution in [2.45, 2.75) is 9.37 Å². The molecule has 7 nitrogen and oxygen atoms in total. The molecule has 120 valence electrons. The fraction of sp³-hybridized carbons (Fsp3) is 0.133. The lowest BCUT2D eigenvalue weighted by Gasteiger charge is -2.03. The summed E-state index contributed by atoms with van der Waals surface area (Å²) in [6, 6.07) is 13.7. The van der Waals surface area contributed by atoms with Crippen LogP contribution < -0.4 is 4.90 Å². The van der Waals surface area contributed by atoms with Crippen LogP contribution in [0.2, 0.25) is 0 Å². The van der Waals surface area contributed by atoms with Crippen molar-refractivity contribution in [1.82, 2.24) is 30.0 Å². The Kier molecular flexibility index (Phi) is 3.87. The van der Waals surface area contributed by atoms with Gasteiger partial charge in [-0.1, -0.05) is 41.7 Å². The minimum absolute atomic E-state index is 0.712. The highest BCUT2D eigenvalue weighted by Crippen LogP contribution is 2.31. The summed E-state index contributed by atoms with van der Waals surface area (Å²) in [7, 11) is 3.89. The molecule has 0 bridgehead atoms. The molecule has 1 aromatic carbocycles. The molecular weight excluding hydrogens is 342 g/mol. The van der Waals surface area contributed by atoms with E-state index >= 15 is 0 Å². The molecule has 0 fully saturated rings. The average Bonchev–Trinajstić information content (AvgIpc) is 3.22. The van der Waals surface area contributed by atoms with Crippen LogP contribution in [0.3, 0.4) is 0 Å². The zero-order chi connectivity index (χ0) is 16.5. The summed E-state index contributed by atoms with van der Waals surface area (Å²) in [4.78, 5) is 1.94. The molecule has 0 amide bonds. The fourth-order valence-corrected chi connectivity index (χ4v) is 3.78. The number of anilines is 1. The maximum absolute atomic E-state index is 4.64. The van der Waals surface area contributed by atoms with Crippen LogP contribution in [-0.4, -0.2) is 44.1 Å². The van der Waals surface area contributed by atoms with Crippen molar-refractivity contribution in [3.05, 3.63) is 42.5 Å². The van der Waals surface area contributed by atoms with Crippen LogP contribution in [-0.2, 0) is 0 Å². The van der Waals surface area contributed by atoms with E-state index in [1.54, 1.807) is 4.52 Å². The number of rotatable bonds is 4. The summed E-state index contributed by atoms with van der Waals surface area (Å²) >= 11 is 3.01. The van der Waals surface area contributed by atoms with E-state index in [9.17, 15) is 0 Å². The summed E-state index contributed by atoms with van der Waals surface area (Å²) in [6.45, 7) is 0. The van der Waals surface area contributed by atoms with Gasteiger partial charge in [0, 0.05) is 19.7 Å². The Morgan fingerprint density at radius 1 is 0.958 bits per heavy atom. The fourth-order valence-electron chi connectivity index (χ4n) is 2.11. The van der Waals surface area contributed by atoms with Gasteiger partial charge in [-0.15, -0.1) is 20.4 Å². The molecule has 0 saturated carbocycles. The molecule has 0 N–H and O–H groups in total. The van der Waals surface area contributed by atoms with E-state index in [-0.39, 0.29) is 0 Å². The van der Waals surface area contributed by atoms with E-state index in [4.69, 9.17) is 0 Å². The van der Waals surface area contributed by atoms with Gasteiger partial charge in [-0.05, 0) is 23.9 Å². The van der Waals surface area contributed by atoms with E-state index in [1.807, 2.05) is 61.5 Å². The second-order valence-electron chi connectivity index (χ2n) is 5.18. The number of hydrogen-bond donors (Lipinski definition) is 0. The first-order valence-corrected chi connectivity index (χ1v) is 8.80. The third-order valence-electron chi connectivity index (χ3n) is 3.24. The van der Waals surface area contributed by atoms with Crippen LogP contribution in [0.1, 0.15) is 0 Å². The molecule has 0 saturated heterocycles. The van der Waals surface area contributed by atoms with Gasteiger partial charge < -0.3 is 4.90 Å². The van der Waals surface area contributed by atoms with Crippen molar-refractivity contribution in [2.24, 2.45) is 0 Å². The Labute approximate surface area is 146 Å². The van der Waals surface area contributed by atoms with Crippen molar-refractivity contribution in [3.63, 3.8) is 0 Å². The zero-order valence-corrected chi connectivity index (χ0v) is 14.6. The standard InChI is InChI=1S/C15H13N7S2/c1-21(2)14-18-19-15(24-14)23-12-9-8-11-16-17-13(22(11)20-12)10-6-4-3-5-7-10/h3-9H,1-2H3. The summed E-state index contributed by atoms with van der Waals surface area (Å²) in [5.74, 6) is 0.722. The smallest absolute Gasteiger partial charge is 0.208 e. The first-order chi connectivity index (χ1) is 11.7. The Hall–Kier alpha value is -2.52. The minimum Gasteiger partial charge on any atom is -0.353 e. The normalized spacial score (nSPS) is 11.1. The topological polar surface area (TPSA) is 72.1 Å². The average molecular weight is 355 g/mol. The van der Waals surface area contributed by atoms with Crippen molar-refractivity contribution in [1.29, 1.82) is 0 Å². The number of hydrogen-bond acceptors (Lipinski definition) is 8. The van der Waals surface area contributed by atoms with Crippen LogP contribution >= 0.6 is 23.1 Å². The molecule has 0 aliphatic rings. The van der Waals surface area contributed by atoms with Crippen molar-refractivity contribution in [2.75, 3.05) is 19.0 Å². The molecular formula is C15H13N7S2. The summed E-state index contributed by atoms with van der Waals surface area (Å²) in [5.41, 5.74) is 1.69. The Morgan fingerprint density at radius 3 is 2.54 bits per heavy atom. The number of benzene rings is 1. The quantitative estimate of drug-likeness (QED) is 0.557. The van der Waals surface area contributed by atoms with Crippen LogP contribution in [0.15, 0.2) is 51.8 Å². The largest absolute Gasteiger partial charge is 0.353 e. The number of nitrogens with zero attached hydrogens (tertiary/aromatic N) is 7. The van der Waals surface area contributed by atoms with Crippen molar-refractivity contribution < 1.29 is 0 Å². The zero-order valence-electron chi connectivity index (χ0n) is 13.0. The lowest BCUT2D eigenvalue weighted by molar-refractivity contribution is 0.859. The number of aromatic nitrogens is 6. The Balaban J connectivity index is 1.69. The lowest BCUT2D eigenvalue weighted by atomic mass is 10.2. The predicted molar refractivity (Wildman–Crippen MR) is 94.6 cm³/mol. The molecule has 4 rings (SSSR count). The van der Waals surface area contributed by atoms with Gasteiger partial charge in [-0.2, -0.15) is 9.61 Å². The second-order valence-corrected chi connectivity index (χ2v) is 7.40. The summed E-state index contributed by atoms with van der Waals surface area (Å²) in [5, 5.41) is 23.1. The minimum atomic E-state index is 0.712.